The lowest BCUT2D eigenvalue weighted by Crippen LogP contribution is -2.46. The van der Waals surface area contributed by atoms with Gasteiger partial charge in [0.1, 0.15) is 0 Å². The average Bonchev–Trinajstić information content (AvgIpc) is 2.97. The number of benzene rings is 2. The van der Waals surface area contributed by atoms with Crippen LogP contribution in [0.1, 0.15) is 39.6 Å². The number of nitrogens with zero attached hydrogens (tertiary/aromatic N) is 3. The smallest absolute Gasteiger partial charge is 0.321 e. The first-order valence-corrected chi connectivity index (χ1v) is 13.4. The van der Waals surface area contributed by atoms with Gasteiger partial charge in [-0.25, -0.2) is 4.79 Å². The number of rotatable bonds is 13. The lowest BCUT2D eigenvalue weighted by molar-refractivity contribution is 0.0947. The van der Waals surface area contributed by atoms with Gasteiger partial charge in [-0.1, -0.05) is 13.0 Å². The summed E-state index contributed by atoms with van der Waals surface area (Å²) in [5.74, 6) is 1.03. The molecule has 1 fully saturated rings. The molecule has 0 spiro atoms. The van der Waals surface area contributed by atoms with Crippen LogP contribution in [0.25, 0.3) is 0 Å². The number of likely N-dealkylation sites (N-methyl/N-ethyl adjacent to an activating group) is 2. The minimum atomic E-state index is -0.376. The number of methoxy groups -OCH3 is 2. The van der Waals surface area contributed by atoms with E-state index >= 15 is 0 Å². The molecule has 3 amide bonds. The first-order valence-electron chi connectivity index (χ1n) is 13.4. The molecule has 1 aliphatic rings. The van der Waals surface area contributed by atoms with Crippen LogP contribution in [0, 0.1) is 0 Å². The molecule has 0 aliphatic carbocycles. The Bertz CT molecular complexity index is 1120. The van der Waals surface area contributed by atoms with E-state index in [9.17, 15) is 14.4 Å². The summed E-state index contributed by atoms with van der Waals surface area (Å²) < 4.78 is 10.6. The zero-order valence-electron chi connectivity index (χ0n) is 23.5. The van der Waals surface area contributed by atoms with Crippen molar-refractivity contribution in [2.75, 3.05) is 78.9 Å². The van der Waals surface area contributed by atoms with Gasteiger partial charge in [-0.15, -0.1) is 0 Å². The second-order valence-corrected chi connectivity index (χ2v) is 9.60. The van der Waals surface area contributed by atoms with Crippen LogP contribution in [0.5, 0.6) is 11.5 Å². The van der Waals surface area contributed by atoms with Gasteiger partial charge in [0.25, 0.3) is 5.91 Å². The number of nitrogens with one attached hydrogen (secondary N) is 2. The Labute approximate surface area is 231 Å². The predicted octanol–water partition coefficient (Wildman–Crippen LogP) is 2.98. The molecule has 1 heterocycles. The highest BCUT2D eigenvalue weighted by Gasteiger charge is 2.16. The monoisotopic (exact) mass is 539 g/mol. The van der Waals surface area contributed by atoms with E-state index in [1.165, 1.54) is 4.90 Å². The van der Waals surface area contributed by atoms with Crippen molar-refractivity contribution in [2.24, 2.45) is 0 Å². The van der Waals surface area contributed by atoms with Crippen molar-refractivity contribution in [2.45, 2.75) is 19.8 Å². The Kier molecular flexibility index (Phi) is 11.6. The Morgan fingerprint density at radius 3 is 2.38 bits per heavy atom. The van der Waals surface area contributed by atoms with Gasteiger partial charge in [-0.2, -0.15) is 0 Å². The number of amides is 3. The third-order valence-corrected chi connectivity index (χ3v) is 7.06. The third kappa shape index (κ3) is 8.69. The molecular weight excluding hydrogens is 498 g/mol. The topological polar surface area (TPSA) is 103 Å². The molecule has 10 heteroatoms. The van der Waals surface area contributed by atoms with Crippen LogP contribution < -0.4 is 20.1 Å². The highest BCUT2D eigenvalue weighted by atomic mass is 16.5. The predicted molar refractivity (Wildman–Crippen MR) is 152 cm³/mol. The summed E-state index contributed by atoms with van der Waals surface area (Å²) in [6.45, 7) is 9.50. The van der Waals surface area contributed by atoms with Crippen molar-refractivity contribution in [3.63, 3.8) is 0 Å². The van der Waals surface area contributed by atoms with Gasteiger partial charge < -0.3 is 34.8 Å². The van der Waals surface area contributed by atoms with Gasteiger partial charge in [0.15, 0.2) is 17.8 Å². The molecule has 1 saturated heterocycles. The van der Waals surface area contributed by atoms with E-state index in [0.29, 0.717) is 54.1 Å². The molecule has 0 unspecified atom stereocenters. The minimum absolute atomic E-state index is 0.236. The summed E-state index contributed by atoms with van der Waals surface area (Å²) >= 11 is 0. The van der Waals surface area contributed by atoms with E-state index in [1.54, 1.807) is 39.5 Å². The molecule has 3 rings (SSSR count). The molecule has 0 atom stereocenters. The van der Waals surface area contributed by atoms with Crippen molar-refractivity contribution in [3.8, 4) is 11.5 Å². The number of hydrogen-bond acceptors (Lipinski definition) is 7. The van der Waals surface area contributed by atoms with Crippen molar-refractivity contribution in [3.05, 3.63) is 53.1 Å². The lowest BCUT2D eigenvalue weighted by atomic mass is 10.1. The van der Waals surface area contributed by atoms with Crippen LogP contribution in [0.3, 0.4) is 0 Å². The van der Waals surface area contributed by atoms with E-state index in [1.807, 2.05) is 18.2 Å². The normalized spacial score (nSPS) is 13.9. The number of carbonyl (C=O) groups excluding carboxylic acids is 3. The van der Waals surface area contributed by atoms with Gasteiger partial charge in [0, 0.05) is 57.4 Å². The fourth-order valence-electron chi connectivity index (χ4n) is 4.49. The second-order valence-electron chi connectivity index (χ2n) is 9.60. The summed E-state index contributed by atoms with van der Waals surface area (Å²) in [6.07, 6.45) is 2.12. The van der Waals surface area contributed by atoms with Gasteiger partial charge >= 0.3 is 6.03 Å². The fraction of sp³-hybridized carbons (Fsp3) is 0.483. The number of carbonyl (C=O) groups is 3. The molecule has 0 aromatic heterocycles. The third-order valence-electron chi connectivity index (χ3n) is 7.06. The summed E-state index contributed by atoms with van der Waals surface area (Å²) in [6, 6.07) is 9.95. The van der Waals surface area contributed by atoms with E-state index in [0.717, 1.165) is 51.3 Å². The van der Waals surface area contributed by atoms with Crippen LogP contribution in [0.15, 0.2) is 36.4 Å². The Morgan fingerprint density at radius 1 is 1.00 bits per heavy atom. The lowest BCUT2D eigenvalue weighted by Gasteiger charge is -2.33. The van der Waals surface area contributed by atoms with Crippen molar-refractivity contribution >= 4 is 23.9 Å². The Balaban J connectivity index is 1.50. The molecule has 0 bridgehead atoms. The molecule has 39 heavy (non-hydrogen) atoms. The number of anilines is 1. The second kappa shape index (κ2) is 15.1. The van der Waals surface area contributed by atoms with E-state index < -0.39 is 0 Å². The van der Waals surface area contributed by atoms with Gasteiger partial charge in [0.05, 0.1) is 19.9 Å². The number of hydrogen-bond donors (Lipinski definition) is 2. The zero-order valence-corrected chi connectivity index (χ0v) is 23.5. The number of aldehydes is 1. The zero-order chi connectivity index (χ0) is 28.2. The van der Waals surface area contributed by atoms with E-state index in [4.69, 9.17) is 9.47 Å². The van der Waals surface area contributed by atoms with Crippen LogP contribution in [-0.2, 0) is 6.42 Å². The summed E-state index contributed by atoms with van der Waals surface area (Å²) in [4.78, 5) is 43.6. The number of ether oxygens (including phenoxy) is 2. The summed E-state index contributed by atoms with van der Waals surface area (Å²) in [7, 11) is 4.84. The van der Waals surface area contributed by atoms with Crippen molar-refractivity contribution in [1.82, 2.24) is 20.0 Å². The molecule has 0 radical (unpaired) electrons. The Morgan fingerprint density at radius 2 is 1.72 bits per heavy atom. The standard InChI is InChI=1S/C29H41N5O5/c1-5-33-15-17-34(18-16-33)13-6-12-30-28(36)23-8-9-24(21-35)25(20-23)31-29(37)32(2)14-11-22-7-10-26(38-3)27(19-22)39-4/h7-10,19-21H,5-6,11-18H2,1-4H3,(H,30,36)(H,31,37). The van der Waals surface area contributed by atoms with Gasteiger partial charge in [-0.3, -0.25) is 9.59 Å². The Hall–Kier alpha value is -3.63. The molecule has 2 aromatic carbocycles. The van der Waals surface area contributed by atoms with Crippen LogP contribution in [0.2, 0.25) is 0 Å². The first-order chi connectivity index (χ1) is 18.9. The molecule has 10 nitrogen and oxygen atoms in total. The van der Waals surface area contributed by atoms with Gasteiger partial charge in [-0.05, 0) is 61.8 Å². The number of urea groups is 1. The first kappa shape index (κ1) is 29.9. The molecule has 0 saturated carbocycles. The minimum Gasteiger partial charge on any atom is -0.493 e. The van der Waals surface area contributed by atoms with Crippen molar-refractivity contribution in [1.29, 1.82) is 0 Å². The number of piperazine rings is 1. The van der Waals surface area contributed by atoms with Crippen LogP contribution in [-0.4, -0.2) is 107 Å². The molecular formula is C29H41N5O5. The van der Waals surface area contributed by atoms with Crippen LogP contribution >= 0.6 is 0 Å². The SMILES string of the molecule is CCN1CCN(CCCNC(=O)c2ccc(C=O)c(NC(=O)N(C)CCc3ccc(OC)c(OC)c3)c2)CC1. The fourth-order valence-corrected chi connectivity index (χ4v) is 4.49. The molecule has 212 valence electrons. The molecule has 2 aromatic rings. The maximum atomic E-state index is 12.9. The summed E-state index contributed by atoms with van der Waals surface area (Å²) in [5, 5.41) is 5.72. The molecule has 2 N–H and O–H groups in total. The van der Waals surface area contributed by atoms with Crippen molar-refractivity contribution < 1.29 is 23.9 Å². The highest BCUT2D eigenvalue weighted by Crippen LogP contribution is 2.27. The molecule has 1 aliphatic heterocycles. The van der Waals surface area contributed by atoms with Gasteiger partial charge in [0.2, 0.25) is 0 Å². The maximum absolute atomic E-state index is 12.9. The largest absolute Gasteiger partial charge is 0.493 e. The van der Waals surface area contributed by atoms with E-state index in [2.05, 4.69) is 27.4 Å². The van der Waals surface area contributed by atoms with Crippen LogP contribution in [0.4, 0.5) is 10.5 Å². The quantitative estimate of drug-likeness (QED) is 0.298. The average molecular weight is 540 g/mol. The van der Waals surface area contributed by atoms with E-state index in [-0.39, 0.29) is 11.9 Å². The summed E-state index contributed by atoms with van der Waals surface area (Å²) in [5.41, 5.74) is 1.98. The highest BCUT2D eigenvalue weighted by molar-refractivity contribution is 6.00. The maximum Gasteiger partial charge on any atom is 0.321 e.